The molecule has 0 heterocycles. The highest BCUT2D eigenvalue weighted by atomic mass is 16.5. The Bertz CT molecular complexity index is 409. The molecule has 2 unspecified atom stereocenters. The van der Waals surface area contributed by atoms with Crippen molar-refractivity contribution in [2.45, 2.75) is 38.6 Å². The lowest BCUT2D eigenvalue weighted by atomic mass is 9.71. The smallest absolute Gasteiger partial charge is 0.141 e. The summed E-state index contributed by atoms with van der Waals surface area (Å²) in [5.41, 5.74) is 7.16. The van der Waals surface area contributed by atoms with Crippen LogP contribution in [0.25, 0.3) is 0 Å². The van der Waals surface area contributed by atoms with Gasteiger partial charge in [-0.3, -0.25) is 0 Å². The molecular weight excluding hydrogens is 236 g/mol. The Kier molecular flexibility index (Phi) is 4.35. The minimum Gasteiger partial charge on any atom is -0.495 e. The number of para-hydroxylation sites is 2. The number of nitrogens with one attached hydrogen (secondary N) is 1. The first-order chi connectivity index (χ1) is 9.08. The number of anilines is 1. The first-order valence-electron chi connectivity index (χ1n) is 7.20. The van der Waals surface area contributed by atoms with E-state index in [-0.39, 0.29) is 5.54 Å². The summed E-state index contributed by atoms with van der Waals surface area (Å²) in [6.07, 6.45) is 3.56. The average molecular weight is 262 g/mol. The van der Waals surface area contributed by atoms with Crippen LogP contribution in [0.5, 0.6) is 5.75 Å². The molecule has 0 bridgehead atoms. The minimum absolute atomic E-state index is 0.00567. The van der Waals surface area contributed by atoms with Crippen molar-refractivity contribution in [2.75, 3.05) is 19.0 Å². The van der Waals surface area contributed by atoms with Gasteiger partial charge < -0.3 is 15.8 Å². The predicted octanol–water partition coefficient (Wildman–Crippen LogP) is 3.26. The molecule has 1 saturated carbocycles. The molecule has 0 spiro atoms. The summed E-state index contributed by atoms with van der Waals surface area (Å²) in [4.78, 5) is 0. The Morgan fingerprint density at radius 2 is 1.89 bits per heavy atom. The molecule has 0 aliphatic heterocycles. The van der Waals surface area contributed by atoms with Gasteiger partial charge in [-0.15, -0.1) is 0 Å². The van der Waals surface area contributed by atoms with Crippen LogP contribution >= 0.6 is 0 Å². The van der Waals surface area contributed by atoms with E-state index in [1.807, 2.05) is 18.2 Å². The van der Waals surface area contributed by atoms with Crippen LogP contribution in [0.2, 0.25) is 0 Å². The van der Waals surface area contributed by atoms with E-state index in [4.69, 9.17) is 10.5 Å². The summed E-state index contributed by atoms with van der Waals surface area (Å²) in [5.74, 6) is 2.32. The fourth-order valence-corrected chi connectivity index (χ4v) is 3.62. The lowest BCUT2D eigenvalue weighted by Gasteiger charge is -2.43. The van der Waals surface area contributed by atoms with E-state index in [9.17, 15) is 0 Å². The molecule has 2 atom stereocenters. The van der Waals surface area contributed by atoms with E-state index in [0.717, 1.165) is 36.1 Å². The average Bonchev–Trinajstić information content (AvgIpc) is 2.38. The van der Waals surface area contributed by atoms with Gasteiger partial charge in [-0.05, 0) is 43.2 Å². The van der Waals surface area contributed by atoms with E-state index < -0.39 is 0 Å². The maximum atomic E-state index is 6.10. The Balaban J connectivity index is 2.22. The highest BCUT2D eigenvalue weighted by Crippen LogP contribution is 2.39. The Labute approximate surface area is 116 Å². The summed E-state index contributed by atoms with van der Waals surface area (Å²) < 4.78 is 5.43. The summed E-state index contributed by atoms with van der Waals surface area (Å²) in [5, 5.41) is 3.67. The SMILES string of the molecule is COc1ccccc1NC1(CN)CC(C)CC(C)C1. The number of hydrogen-bond acceptors (Lipinski definition) is 3. The van der Waals surface area contributed by atoms with Crippen LogP contribution in [0.15, 0.2) is 24.3 Å². The lowest BCUT2D eigenvalue weighted by molar-refractivity contribution is 0.205. The fourth-order valence-electron chi connectivity index (χ4n) is 3.62. The van der Waals surface area contributed by atoms with Gasteiger partial charge in [0.15, 0.2) is 0 Å². The second-order valence-electron chi connectivity index (χ2n) is 6.16. The normalized spacial score (nSPS) is 30.9. The van der Waals surface area contributed by atoms with E-state index >= 15 is 0 Å². The van der Waals surface area contributed by atoms with Crippen molar-refractivity contribution in [3.63, 3.8) is 0 Å². The molecule has 0 saturated heterocycles. The van der Waals surface area contributed by atoms with Gasteiger partial charge in [0.25, 0.3) is 0 Å². The van der Waals surface area contributed by atoms with Gasteiger partial charge in [0.1, 0.15) is 5.75 Å². The van der Waals surface area contributed by atoms with Gasteiger partial charge in [-0.1, -0.05) is 26.0 Å². The van der Waals surface area contributed by atoms with Gasteiger partial charge in [0.2, 0.25) is 0 Å². The molecule has 3 heteroatoms. The first-order valence-corrected chi connectivity index (χ1v) is 7.20. The Hall–Kier alpha value is -1.22. The molecule has 0 amide bonds. The third-order valence-electron chi connectivity index (χ3n) is 4.18. The van der Waals surface area contributed by atoms with Crippen molar-refractivity contribution >= 4 is 5.69 Å². The molecule has 3 N–H and O–H groups in total. The van der Waals surface area contributed by atoms with Gasteiger partial charge in [0, 0.05) is 6.54 Å². The summed E-state index contributed by atoms with van der Waals surface area (Å²) in [6, 6.07) is 8.08. The maximum Gasteiger partial charge on any atom is 0.141 e. The molecule has 106 valence electrons. The lowest BCUT2D eigenvalue weighted by Crippen LogP contribution is -2.50. The van der Waals surface area contributed by atoms with E-state index in [1.54, 1.807) is 7.11 Å². The van der Waals surface area contributed by atoms with Crippen LogP contribution in [0.4, 0.5) is 5.69 Å². The monoisotopic (exact) mass is 262 g/mol. The largest absolute Gasteiger partial charge is 0.495 e. The van der Waals surface area contributed by atoms with Crippen molar-refractivity contribution in [1.29, 1.82) is 0 Å². The maximum absolute atomic E-state index is 6.10. The molecule has 1 fully saturated rings. The number of hydrogen-bond donors (Lipinski definition) is 2. The molecule has 0 aromatic heterocycles. The van der Waals surface area contributed by atoms with Crippen molar-refractivity contribution in [3.8, 4) is 5.75 Å². The molecule has 19 heavy (non-hydrogen) atoms. The highest BCUT2D eigenvalue weighted by Gasteiger charge is 2.37. The molecule has 3 nitrogen and oxygen atoms in total. The van der Waals surface area contributed by atoms with E-state index in [0.29, 0.717) is 6.54 Å². The highest BCUT2D eigenvalue weighted by molar-refractivity contribution is 5.57. The summed E-state index contributed by atoms with van der Waals surface area (Å²) >= 11 is 0. The second kappa shape index (κ2) is 5.83. The van der Waals surface area contributed by atoms with Crippen LogP contribution in [-0.4, -0.2) is 19.2 Å². The molecule has 1 aliphatic carbocycles. The standard InChI is InChI=1S/C16H26N2O/c1-12-8-13(2)10-16(9-12,11-17)18-14-6-4-5-7-15(14)19-3/h4-7,12-13,18H,8-11,17H2,1-3H3. The van der Waals surface area contributed by atoms with Crippen LogP contribution in [0, 0.1) is 11.8 Å². The molecular formula is C16H26N2O. The zero-order valence-corrected chi connectivity index (χ0v) is 12.3. The zero-order chi connectivity index (χ0) is 13.9. The molecule has 2 rings (SSSR count). The molecule has 0 radical (unpaired) electrons. The molecule has 1 aromatic carbocycles. The minimum atomic E-state index is 0.00567. The van der Waals surface area contributed by atoms with Gasteiger partial charge >= 0.3 is 0 Å². The quantitative estimate of drug-likeness (QED) is 0.875. The summed E-state index contributed by atoms with van der Waals surface area (Å²) in [6.45, 7) is 5.31. The second-order valence-corrected chi connectivity index (χ2v) is 6.16. The van der Waals surface area contributed by atoms with E-state index in [1.165, 1.54) is 6.42 Å². The zero-order valence-electron chi connectivity index (χ0n) is 12.3. The van der Waals surface area contributed by atoms with Gasteiger partial charge in [-0.2, -0.15) is 0 Å². The fraction of sp³-hybridized carbons (Fsp3) is 0.625. The van der Waals surface area contributed by atoms with Crippen LogP contribution in [0.1, 0.15) is 33.1 Å². The van der Waals surface area contributed by atoms with Gasteiger partial charge in [-0.25, -0.2) is 0 Å². The molecule has 1 aliphatic rings. The van der Waals surface area contributed by atoms with Crippen molar-refractivity contribution in [2.24, 2.45) is 17.6 Å². The van der Waals surface area contributed by atoms with Crippen LogP contribution in [-0.2, 0) is 0 Å². The van der Waals surface area contributed by atoms with E-state index in [2.05, 4.69) is 25.2 Å². The number of nitrogens with two attached hydrogens (primary N) is 1. The van der Waals surface area contributed by atoms with Gasteiger partial charge in [0.05, 0.1) is 18.3 Å². The summed E-state index contributed by atoms with van der Waals surface area (Å²) in [7, 11) is 1.71. The Morgan fingerprint density at radius 3 is 2.47 bits per heavy atom. The first kappa shape index (κ1) is 14.2. The number of ether oxygens (including phenoxy) is 1. The third kappa shape index (κ3) is 3.21. The van der Waals surface area contributed by atoms with Crippen molar-refractivity contribution in [1.82, 2.24) is 0 Å². The third-order valence-corrected chi connectivity index (χ3v) is 4.18. The number of benzene rings is 1. The van der Waals surface area contributed by atoms with Crippen LogP contribution in [0.3, 0.4) is 0 Å². The predicted molar refractivity (Wildman–Crippen MR) is 80.6 cm³/mol. The number of methoxy groups -OCH3 is 1. The van der Waals surface area contributed by atoms with Crippen molar-refractivity contribution < 1.29 is 4.74 Å². The van der Waals surface area contributed by atoms with Crippen molar-refractivity contribution in [3.05, 3.63) is 24.3 Å². The number of rotatable bonds is 4. The Morgan fingerprint density at radius 1 is 1.26 bits per heavy atom. The molecule has 1 aromatic rings. The topological polar surface area (TPSA) is 47.3 Å². The van der Waals surface area contributed by atoms with Crippen LogP contribution < -0.4 is 15.8 Å².